The molecule has 4 aromatic rings. The Morgan fingerprint density at radius 2 is 1.80 bits per heavy atom. The number of thiazole rings is 1. The van der Waals surface area contributed by atoms with Crippen LogP contribution in [0.25, 0.3) is 28.4 Å². The molecule has 0 aliphatic heterocycles. The predicted octanol–water partition coefficient (Wildman–Crippen LogP) is 6.53. The van der Waals surface area contributed by atoms with Crippen molar-refractivity contribution in [3.63, 3.8) is 0 Å². The first-order chi connectivity index (χ1) is 14.6. The van der Waals surface area contributed by atoms with Crippen molar-refractivity contribution in [1.82, 2.24) is 15.0 Å². The Hall–Kier alpha value is -3.05. The normalized spacial score (nSPS) is 11.6. The molecular formula is C25H25N3OS. The van der Waals surface area contributed by atoms with Gasteiger partial charge in [-0.1, -0.05) is 56.3 Å². The standard InChI is InChI=1S/C25H25N3OS/c1-4-29-24-23(27-21-13-5-6-14-22(21)28-24)19-11-7-9-18(15-19)10-8-12-20-16-30-25(26-20)17(2)3/h5-11,13-17H,4,12H2,1-3H3/b10-8+. The monoisotopic (exact) mass is 415 g/mol. The Kier molecular flexibility index (Phi) is 6.19. The molecule has 4 nitrogen and oxygen atoms in total. The van der Waals surface area contributed by atoms with Crippen LogP contribution in [0.3, 0.4) is 0 Å². The minimum absolute atomic E-state index is 0.479. The van der Waals surface area contributed by atoms with Gasteiger partial charge in [0.25, 0.3) is 0 Å². The fourth-order valence-electron chi connectivity index (χ4n) is 3.20. The lowest BCUT2D eigenvalue weighted by Gasteiger charge is -2.10. The average molecular weight is 416 g/mol. The minimum Gasteiger partial charge on any atom is -0.476 e. The third kappa shape index (κ3) is 4.57. The second-order valence-corrected chi connectivity index (χ2v) is 8.25. The quantitative estimate of drug-likeness (QED) is 0.344. The van der Waals surface area contributed by atoms with E-state index in [0.717, 1.165) is 40.0 Å². The van der Waals surface area contributed by atoms with E-state index in [-0.39, 0.29) is 0 Å². The predicted molar refractivity (Wildman–Crippen MR) is 125 cm³/mol. The maximum atomic E-state index is 5.80. The van der Waals surface area contributed by atoms with Crippen LogP contribution in [-0.4, -0.2) is 21.6 Å². The number of rotatable bonds is 7. The summed E-state index contributed by atoms with van der Waals surface area (Å²) < 4.78 is 5.80. The number of para-hydroxylation sites is 2. The Morgan fingerprint density at radius 3 is 2.53 bits per heavy atom. The molecule has 0 aliphatic carbocycles. The van der Waals surface area contributed by atoms with Gasteiger partial charge >= 0.3 is 0 Å². The van der Waals surface area contributed by atoms with E-state index in [0.29, 0.717) is 18.4 Å². The second-order valence-electron chi connectivity index (χ2n) is 7.36. The van der Waals surface area contributed by atoms with Gasteiger partial charge in [0.1, 0.15) is 5.69 Å². The third-order valence-corrected chi connectivity index (χ3v) is 5.87. The van der Waals surface area contributed by atoms with E-state index in [9.17, 15) is 0 Å². The summed E-state index contributed by atoms with van der Waals surface area (Å²) in [7, 11) is 0. The van der Waals surface area contributed by atoms with E-state index in [1.807, 2.05) is 43.3 Å². The van der Waals surface area contributed by atoms with E-state index < -0.39 is 0 Å². The maximum absolute atomic E-state index is 5.80. The molecule has 0 radical (unpaired) electrons. The largest absolute Gasteiger partial charge is 0.476 e. The topological polar surface area (TPSA) is 47.9 Å². The molecule has 0 unspecified atom stereocenters. The van der Waals surface area contributed by atoms with Crippen LogP contribution in [0.5, 0.6) is 5.88 Å². The van der Waals surface area contributed by atoms with Gasteiger partial charge in [-0.3, -0.25) is 0 Å². The van der Waals surface area contributed by atoms with E-state index >= 15 is 0 Å². The summed E-state index contributed by atoms with van der Waals surface area (Å²) in [5.41, 5.74) is 5.70. The number of ether oxygens (including phenoxy) is 1. The SMILES string of the molecule is CCOc1nc2ccccc2nc1-c1cccc(/C=C/Cc2csc(C(C)C)n2)c1. The molecule has 5 heteroatoms. The van der Waals surface area contributed by atoms with Crippen molar-refractivity contribution in [3.8, 4) is 17.1 Å². The number of allylic oxidation sites excluding steroid dienone is 1. The first-order valence-electron chi connectivity index (χ1n) is 10.2. The molecule has 0 bridgehead atoms. The zero-order valence-corrected chi connectivity index (χ0v) is 18.3. The molecule has 2 heterocycles. The summed E-state index contributed by atoms with van der Waals surface area (Å²) in [5, 5.41) is 3.34. The van der Waals surface area contributed by atoms with Gasteiger partial charge in [-0.25, -0.2) is 15.0 Å². The van der Waals surface area contributed by atoms with Gasteiger partial charge in [-0.05, 0) is 30.7 Å². The Balaban J connectivity index is 1.60. The molecule has 0 saturated carbocycles. The van der Waals surface area contributed by atoms with Gasteiger partial charge in [0.05, 0.1) is 28.3 Å². The maximum Gasteiger partial charge on any atom is 0.241 e. The number of hydrogen-bond donors (Lipinski definition) is 0. The van der Waals surface area contributed by atoms with E-state index in [1.54, 1.807) is 11.3 Å². The van der Waals surface area contributed by atoms with Crippen LogP contribution in [0.2, 0.25) is 0 Å². The number of fused-ring (bicyclic) bond motifs is 1. The summed E-state index contributed by atoms with van der Waals surface area (Å²) >= 11 is 1.74. The van der Waals surface area contributed by atoms with Crippen LogP contribution < -0.4 is 4.74 Å². The van der Waals surface area contributed by atoms with Crippen LogP contribution in [0.15, 0.2) is 60.0 Å². The first-order valence-corrected chi connectivity index (χ1v) is 11.1. The summed E-state index contributed by atoms with van der Waals surface area (Å²) in [6.07, 6.45) is 5.12. The lowest BCUT2D eigenvalue weighted by atomic mass is 10.1. The van der Waals surface area contributed by atoms with E-state index in [1.165, 1.54) is 5.01 Å². The van der Waals surface area contributed by atoms with Gasteiger partial charge < -0.3 is 4.74 Å². The van der Waals surface area contributed by atoms with Gasteiger partial charge in [0, 0.05) is 23.3 Å². The van der Waals surface area contributed by atoms with Crippen molar-refractivity contribution >= 4 is 28.4 Å². The van der Waals surface area contributed by atoms with Crippen molar-refractivity contribution < 1.29 is 4.74 Å². The van der Waals surface area contributed by atoms with Crippen LogP contribution in [0.1, 0.15) is 43.0 Å². The van der Waals surface area contributed by atoms with Crippen molar-refractivity contribution in [2.24, 2.45) is 0 Å². The van der Waals surface area contributed by atoms with Gasteiger partial charge in [-0.15, -0.1) is 11.3 Å². The number of hydrogen-bond acceptors (Lipinski definition) is 5. The van der Waals surface area contributed by atoms with Crippen molar-refractivity contribution in [2.45, 2.75) is 33.1 Å². The lowest BCUT2D eigenvalue weighted by molar-refractivity contribution is 0.328. The first kappa shape index (κ1) is 20.2. The summed E-state index contributed by atoms with van der Waals surface area (Å²) in [4.78, 5) is 14.2. The van der Waals surface area contributed by atoms with Gasteiger partial charge in [0.2, 0.25) is 5.88 Å². The summed E-state index contributed by atoms with van der Waals surface area (Å²) in [6, 6.07) is 16.2. The number of benzene rings is 2. The molecule has 0 amide bonds. The number of nitrogens with zero attached hydrogens (tertiary/aromatic N) is 3. The molecular weight excluding hydrogens is 390 g/mol. The average Bonchev–Trinajstić information content (AvgIpc) is 3.23. The molecule has 0 spiro atoms. The van der Waals surface area contributed by atoms with Crippen LogP contribution >= 0.6 is 11.3 Å². The molecule has 0 N–H and O–H groups in total. The van der Waals surface area contributed by atoms with Crippen LogP contribution in [0.4, 0.5) is 0 Å². The third-order valence-electron chi connectivity index (χ3n) is 4.68. The smallest absolute Gasteiger partial charge is 0.241 e. The van der Waals surface area contributed by atoms with E-state index in [2.05, 4.69) is 48.5 Å². The highest BCUT2D eigenvalue weighted by molar-refractivity contribution is 7.09. The minimum atomic E-state index is 0.479. The highest BCUT2D eigenvalue weighted by Gasteiger charge is 2.12. The van der Waals surface area contributed by atoms with Gasteiger partial charge in [0.15, 0.2) is 0 Å². The Bertz CT molecular complexity index is 1180. The molecule has 0 fully saturated rings. The highest BCUT2D eigenvalue weighted by atomic mass is 32.1. The van der Waals surface area contributed by atoms with E-state index in [4.69, 9.17) is 14.7 Å². The molecule has 0 atom stereocenters. The van der Waals surface area contributed by atoms with Gasteiger partial charge in [-0.2, -0.15) is 0 Å². The van der Waals surface area contributed by atoms with Crippen LogP contribution in [0, 0.1) is 0 Å². The van der Waals surface area contributed by atoms with Crippen molar-refractivity contribution in [1.29, 1.82) is 0 Å². The second kappa shape index (κ2) is 9.18. The molecule has 2 aromatic heterocycles. The molecule has 4 rings (SSSR count). The Morgan fingerprint density at radius 1 is 1.00 bits per heavy atom. The zero-order chi connectivity index (χ0) is 20.9. The molecule has 2 aromatic carbocycles. The zero-order valence-electron chi connectivity index (χ0n) is 17.5. The molecule has 152 valence electrons. The molecule has 0 saturated heterocycles. The van der Waals surface area contributed by atoms with Crippen molar-refractivity contribution in [3.05, 3.63) is 76.3 Å². The fraction of sp³-hybridized carbons (Fsp3) is 0.240. The van der Waals surface area contributed by atoms with Crippen LogP contribution in [-0.2, 0) is 6.42 Å². The highest BCUT2D eigenvalue weighted by Crippen LogP contribution is 2.29. The fourth-order valence-corrected chi connectivity index (χ4v) is 4.04. The van der Waals surface area contributed by atoms with Crippen molar-refractivity contribution in [2.75, 3.05) is 6.61 Å². The molecule has 30 heavy (non-hydrogen) atoms. The molecule has 0 aliphatic rings. The summed E-state index contributed by atoms with van der Waals surface area (Å²) in [6.45, 7) is 6.86. The summed E-state index contributed by atoms with van der Waals surface area (Å²) in [5.74, 6) is 1.05. The number of aromatic nitrogens is 3. The Labute approximate surface area is 181 Å². The lowest BCUT2D eigenvalue weighted by Crippen LogP contribution is -2.00.